The molecule has 7 nitrogen and oxygen atoms in total. The number of rotatable bonds is 4. The fourth-order valence-electron chi connectivity index (χ4n) is 1.91. The molecule has 0 atom stereocenters. The van der Waals surface area contributed by atoms with Crippen LogP contribution in [0.1, 0.15) is 0 Å². The molecule has 3 N–H and O–H groups in total. The van der Waals surface area contributed by atoms with Crippen molar-refractivity contribution in [3.05, 3.63) is 24.4 Å². The first-order valence-corrected chi connectivity index (χ1v) is 7.70. The maximum Gasteiger partial charge on any atom is 0.245 e. The zero-order valence-corrected chi connectivity index (χ0v) is 12.9. The zero-order chi connectivity index (χ0) is 15.8. The number of sulfonamides is 1. The number of aromatic nitrogens is 1. The van der Waals surface area contributed by atoms with E-state index in [1.807, 2.05) is 0 Å². The molecule has 1 aromatic carbocycles. The molecule has 0 aliphatic carbocycles. The molecule has 0 saturated carbocycles. The van der Waals surface area contributed by atoms with Crippen LogP contribution in [0.2, 0.25) is 0 Å². The number of carbonyl (C=O) groups excluding carboxylic acids is 1. The summed E-state index contributed by atoms with van der Waals surface area (Å²) >= 11 is 0. The summed E-state index contributed by atoms with van der Waals surface area (Å²) in [6, 6.07) is 5.00. The van der Waals surface area contributed by atoms with Gasteiger partial charge in [0.05, 0.1) is 6.54 Å². The Labute approximate surface area is 123 Å². The molecule has 1 amide bonds. The molecule has 0 unspecified atom stereocenters. The van der Waals surface area contributed by atoms with E-state index in [-0.39, 0.29) is 17.3 Å². The van der Waals surface area contributed by atoms with Crippen LogP contribution in [-0.2, 0) is 14.8 Å². The highest BCUT2D eigenvalue weighted by Crippen LogP contribution is 2.26. The highest BCUT2D eigenvalue weighted by Gasteiger charge is 2.26. The molecule has 1 heterocycles. The Morgan fingerprint density at radius 2 is 1.95 bits per heavy atom. The van der Waals surface area contributed by atoms with Crippen LogP contribution in [0.15, 0.2) is 29.3 Å². The van der Waals surface area contributed by atoms with Gasteiger partial charge in [-0.05, 0) is 18.2 Å². The minimum absolute atomic E-state index is 0.110. The van der Waals surface area contributed by atoms with E-state index in [4.69, 9.17) is 5.73 Å². The van der Waals surface area contributed by atoms with Crippen molar-refractivity contribution >= 4 is 32.5 Å². The van der Waals surface area contributed by atoms with Crippen molar-refractivity contribution in [1.29, 1.82) is 0 Å². The lowest BCUT2D eigenvalue weighted by molar-refractivity contribution is -0.128. The van der Waals surface area contributed by atoms with Gasteiger partial charge in [-0.2, -0.15) is 4.31 Å². The maximum atomic E-state index is 12.6. The lowest BCUT2D eigenvalue weighted by atomic mass is 10.2. The summed E-state index contributed by atoms with van der Waals surface area (Å²) in [7, 11) is 0.765. The van der Waals surface area contributed by atoms with Gasteiger partial charge in [0, 0.05) is 43.9 Å². The van der Waals surface area contributed by atoms with E-state index in [2.05, 4.69) is 4.98 Å². The Morgan fingerprint density at radius 3 is 2.57 bits per heavy atom. The predicted octanol–water partition coefficient (Wildman–Crippen LogP) is 0.459. The van der Waals surface area contributed by atoms with Crippen molar-refractivity contribution in [2.24, 2.45) is 0 Å². The molecule has 0 fully saturated rings. The molecule has 0 radical (unpaired) electrons. The van der Waals surface area contributed by atoms with Gasteiger partial charge in [0.15, 0.2) is 0 Å². The van der Waals surface area contributed by atoms with Crippen LogP contribution < -0.4 is 5.73 Å². The van der Waals surface area contributed by atoms with Crippen LogP contribution in [-0.4, -0.2) is 56.2 Å². The van der Waals surface area contributed by atoms with Crippen molar-refractivity contribution < 1.29 is 13.2 Å². The van der Waals surface area contributed by atoms with Gasteiger partial charge in [-0.1, -0.05) is 0 Å². The molecule has 21 heavy (non-hydrogen) atoms. The van der Waals surface area contributed by atoms with Crippen molar-refractivity contribution in [2.45, 2.75) is 4.90 Å². The Morgan fingerprint density at radius 1 is 1.29 bits per heavy atom. The molecular formula is C13H18N4O3S. The standard InChI is InChI=1S/C13H18N4O3S/c1-16(2)13(18)8-17(3)21(19,20)12-7-15-11-5-4-9(14)6-10(11)12/h4-7,15H,8,14H2,1-3H3. The molecule has 0 aliphatic heterocycles. The first-order valence-electron chi connectivity index (χ1n) is 6.26. The third kappa shape index (κ3) is 2.86. The number of aromatic amines is 1. The molecule has 0 saturated heterocycles. The molecule has 0 bridgehead atoms. The first kappa shape index (κ1) is 15.3. The maximum absolute atomic E-state index is 12.6. The average molecular weight is 310 g/mol. The van der Waals surface area contributed by atoms with E-state index in [9.17, 15) is 13.2 Å². The quantitative estimate of drug-likeness (QED) is 0.801. The van der Waals surface area contributed by atoms with Crippen LogP contribution in [0, 0.1) is 0 Å². The average Bonchev–Trinajstić information content (AvgIpc) is 2.81. The zero-order valence-electron chi connectivity index (χ0n) is 12.1. The van der Waals surface area contributed by atoms with Crippen molar-refractivity contribution in [3.63, 3.8) is 0 Å². The summed E-state index contributed by atoms with van der Waals surface area (Å²) < 4.78 is 26.2. The van der Waals surface area contributed by atoms with Gasteiger partial charge in [-0.25, -0.2) is 8.42 Å². The Hall–Kier alpha value is -2.06. The number of nitrogens with zero attached hydrogens (tertiary/aromatic N) is 2. The molecule has 1 aromatic heterocycles. The fourth-order valence-corrected chi connectivity index (χ4v) is 3.18. The number of H-pyrrole nitrogens is 1. The summed E-state index contributed by atoms with van der Waals surface area (Å²) in [6.07, 6.45) is 1.41. The first-order chi connectivity index (χ1) is 9.73. The van der Waals surface area contributed by atoms with Crippen LogP contribution in [0.5, 0.6) is 0 Å². The summed E-state index contributed by atoms with van der Waals surface area (Å²) in [5.74, 6) is -0.291. The van der Waals surface area contributed by atoms with Gasteiger partial charge in [0.25, 0.3) is 0 Å². The Bertz CT molecular complexity index is 780. The lowest BCUT2D eigenvalue weighted by Gasteiger charge is -2.18. The van der Waals surface area contributed by atoms with Crippen LogP contribution >= 0.6 is 0 Å². The molecule has 8 heteroatoms. The summed E-state index contributed by atoms with van der Waals surface area (Å²) in [4.78, 5) is 16.0. The van der Waals surface area contributed by atoms with Crippen LogP contribution in [0.3, 0.4) is 0 Å². The van der Waals surface area contributed by atoms with Crippen molar-refractivity contribution in [3.8, 4) is 0 Å². The number of anilines is 1. The van der Waals surface area contributed by atoms with E-state index in [0.717, 1.165) is 4.31 Å². The van der Waals surface area contributed by atoms with Gasteiger partial charge in [-0.3, -0.25) is 4.79 Å². The van der Waals surface area contributed by atoms with E-state index in [1.54, 1.807) is 32.3 Å². The molecule has 0 spiro atoms. The molecule has 2 aromatic rings. The molecule has 2 rings (SSSR count). The second kappa shape index (κ2) is 5.38. The number of hydrogen-bond acceptors (Lipinski definition) is 4. The monoisotopic (exact) mass is 310 g/mol. The molecular weight excluding hydrogens is 292 g/mol. The second-order valence-corrected chi connectivity index (χ2v) is 7.02. The molecule has 114 valence electrons. The second-order valence-electron chi connectivity index (χ2n) is 5.01. The van der Waals surface area contributed by atoms with E-state index in [1.165, 1.54) is 18.1 Å². The number of nitrogen functional groups attached to an aromatic ring is 1. The third-order valence-electron chi connectivity index (χ3n) is 3.21. The summed E-state index contributed by atoms with van der Waals surface area (Å²) in [5, 5.41) is 0.513. The largest absolute Gasteiger partial charge is 0.399 e. The Balaban J connectivity index is 2.42. The summed E-state index contributed by atoms with van der Waals surface area (Å²) in [6.45, 7) is -0.218. The van der Waals surface area contributed by atoms with E-state index >= 15 is 0 Å². The Kier molecular flexibility index (Phi) is 3.93. The number of nitrogens with one attached hydrogen (secondary N) is 1. The SMILES string of the molecule is CN(C)C(=O)CN(C)S(=O)(=O)c1c[nH]c2ccc(N)cc12. The van der Waals surface area contributed by atoms with Gasteiger partial charge in [-0.15, -0.1) is 0 Å². The van der Waals surface area contributed by atoms with Crippen molar-refractivity contribution in [1.82, 2.24) is 14.2 Å². The number of fused-ring (bicyclic) bond motifs is 1. The van der Waals surface area contributed by atoms with Crippen molar-refractivity contribution in [2.75, 3.05) is 33.4 Å². The smallest absolute Gasteiger partial charge is 0.245 e. The normalized spacial score (nSPS) is 12.0. The summed E-state index contributed by atoms with van der Waals surface area (Å²) in [5.41, 5.74) is 6.86. The minimum Gasteiger partial charge on any atom is -0.399 e. The fraction of sp³-hybridized carbons (Fsp3) is 0.308. The highest BCUT2D eigenvalue weighted by atomic mass is 32.2. The predicted molar refractivity (Wildman–Crippen MR) is 81.2 cm³/mol. The number of hydrogen-bond donors (Lipinski definition) is 2. The lowest BCUT2D eigenvalue weighted by Crippen LogP contribution is -2.37. The van der Waals surface area contributed by atoms with Crippen LogP contribution in [0.25, 0.3) is 10.9 Å². The molecule has 0 aliphatic rings. The van der Waals surface area contributed by atoms with E-state index in [0.29, 0.717) is 16.6 Å². The van der Waals surface area contributed by atoms with Crippen LogP contribution in [0.4, 0.5) is 5.69 Å². The highest BCUT2D eigenvalue weighted by molar-refractivity contribution is 7.89. The number of amides is 1. The number of carbonyl (C=O) groups is 1. The topological polar surface area (TPSA) is 99.5 Å². The number of nitrogens with two attached hydrogens (primary N) is 1. The minimum atomic E-state index is -3.77. The van der Waals surface area contributed by atoms with Gasteiger partial charge < -0.3 is 15.6 Å². The van der Waals surface area contributed by atoms with E-state index < -0.39 is 10.0 Å². The van der Waals surface area contributed by atoms with Gasteiger partial charge in [0.2, 0.25) is 15.9 Å². The van der Waals surface area contributed by atoms with Gasteiger partial charge >= 0.3 is 0 Å². The third-order valence-corrected chi connectivity index (χ3v) is 5.06. The van der Waals surface area contributed by atoms with Gasteiger partial charge in [0.1, 0.15) is 4.90 Å². The number of benzene rings is 1. The number of likely N-dealkylation sites (N-methyl/N-ethyl adjacent to an activating group) is 2.